The highest BCUT2D eigenvalue weighted by Gasteiger charge is 2.40. The van der Waals surface area contributed by atoms with Crippen molar-refractivity contribution >= 4 is 0 Å². The van der Waals surface area contributed by atoms with Gasteiger partial charge in [0.05, 0.1) is 39.5 Å². The van der Waals surface area contributed by atoms with Crippen molar-refractivity contribution in [2.24, 2.45) is 0 Å². The maximum Gasteiger partial charge on any atom is 0.220 e. The first-order valence-corrected chi connectivity index (χ1v) is 11.6. The number of rotatable bonds is 10. The zero-order valence-electron chi connectivity index (χ0n) is 19.8. The van der Waals surface area contributed by atoms with Crippen molar-refractivity contribution in [3.63, 3.8) is 0 Å². The Morgan fingerprint density at radius 2 is 1.86 bits per heavy atom. The van der Waals surface area contributed by atoms with E-state index in [0.29, 0.717) is 36.5 Å². The SMILES string of the molecule is COc1cc([C@H]2Oc3c(OC)cc(CCCO)cc3[C@@H]2COO[C@@H]2OCC[C@H](O)[C@H]2O)ccc1O. The minimum Gasteiger partial charge on any atom is -0.504 e. The van der Waals surface area contributed by atoms with Crippen LogP contribution in [-0.2, 0) is 20.9 Å². The topological polar surface area (TPSA) is 136 Å². The van der Waals surface area contributed by atoms with Crippen LogP contribution < -0.4 is 14.2 Å². The number of methoxy groups -OCH3 is 2. The Bertz CT molecular complexity index is 996. The molecule has 0 spiro atoms. The highest BCUT2D eigenvalue weighted by molar-refractivity contribution is 5.56. The molecule has 1 saturated heterocycles. The first kappa shape index (κ1) is 25.5. The number of phenolic OH excluding ortho intramolecular Hbond substituents is 1. The number of aliphatic hydroxyl groups is 3. The Morgan fingerprint density at radius 3 is 2.60 bits per heavy atom. The summed E-state index contributed by atoms with van der Waals surface area (Å²) in [6.07, 6.45) is -2.24. The second-order valence-corrected chi connectivity index (χ2v) is 8.59. The van der Waals surface area contributed by atoms with Crippen LogP contribution in [0, 0.1) is 0 Å². The van der Waals surface area contributed by atoms with Crippen LogP contribution in [0.15, 0.2) is 30.3 Å². The van der Waals surface area contributed by atoms with E-state index in [1.807, 2.05) is 12.1 Å². The van der Waals surface area contributed by atoms with Gasteiger partial charge in [-0.15, -0.1) is 0 Å². The van der Waals surface area contributed by atoms with E-state index < -0.39 is 24.6 Å². The molecule has 2 aliphatic heterocycles. The molecule has 2 heterocycles. The second kappa shape index (κ2) is 11.4. The van der Waals surface area contributed by atoms with Gasteiger partial charge in [0, 0.05) is 12.2 Å². The average Bonchev–Trinajstić information content (AvgIpc) is 3.23. The van der Waals surface area contributed by atoms with Gasteiger partial charge in [-0.2, -0.15) is 0 Å². The maximum atomic E-state index is 10.1. The van der Waals surface area contributed by atoms with Gasteiger partial charge in [-0.25, -0.2) is 9.78 Å². The zero-order chi connectivity index (χ0) is 24.9. The predicted octanol–water partition coefficient (Wildman–Crippen LogP) is 1.97. The second-order valence-electron chi connectivity index (χ2n) is 8.59. The number of phenols is 1. The van der Waals surface area contributed by atoms with E-state index in [1.165, 1.54) is 13.2 Å². The molecule has 10 heteroatoms. The number of aromatic hydroxyl groups is 1. The van der Waals surface area contributed by atoms with Crippen molar-refractivity contribution in [1.29, 1.82) is 0 Å². The minimum atomic E-state index is -1.22. The van der Waals surface area contributed by atoms with Gasteiger partial charge >= 0.3 is 0 Å². The van der Waals surface area contributed by atoms with Gasteiger partial charge in [-0.1, -0.05) is 12.1 Å². The van der Waals surface area contributed by atoms with Crippen molar-refractivity contribution in [3.8, 4) is 23.0 Å². The summed E-state index contributed by atoms with van der Waals surface area (Å²) < 4.78 is 22.6. The van der Waals surface area contributed by atoms with Gasteiger partial charge in [0.15, 0.2) is 23.0 Å². The highest BCUT2D eigenvalue weighted by Crippen LogP contribution is 2.51. The molecular weight excluding hydrogens is 460 g/mol. The van der Waals surface area contributed by atoms with Crippen molar-refractivity contribution < 1.29 is 49.1 Å². The lowest BCUT2D eigenvalue weighted by Crippen LogP contribution is -2.45. The Kier molecular flexibility index (Phi) is 8.32. The lowest BCUT2D eigenvalue weighted by atomic mass is 9.90. The number of aryl methyl sites for hydroxylation is 1. The van der Waals surface area contributed by atoms with Gasteiger partial charge < -0.3 is 39.4 Å². The highest BCUT2D eigenvalue weighted by atomic mass is 17.2. The molecule has 4 N–H and O–H groups in total. The van der Waals surface area contributed by atoms with E-state index >= 15 is 0 Å². The van der Waals surface area contributed by atoms with Gasteiger partial charge in [0.1, 0.15) is 12.2 Å². The van der Waals surface area contributed by atoms with Crippen molar-refractivity contribution in [1.82, 2.24) is 0 Å². The summed E-state index contributed by atoms with van der Waals surface area (Å²) in [5, 5.41) is 39.3. The molecule has 1 fully saturated rings. The molecule has 2 aliphatic rings. The molecule has 0 aliphatic carbocycles. The predicted molar refractivity (Wildman–Crippen MR) is 123 cm³/mol. The van der Waals surface area contributed by atoms with Gasteiger partial charge in [-0.3, -0.25) is 0 Å². The van der Waals surface area contributed by atoms with E-state index in [2.05, 4.69) is 0 Å². The van der Waals surface area contributed by atoms with E-state index in [4.69, 9.17) is 28.7 Å². The normalized spacial score (nSPS) is 25.7. The van der Waals surface area contributed by atoms with Crippen LogP contribution in [0.1, 0.15) is 41.6 Å². The van der Waals surface area contributed by atoms with Crippen LogP contribution in [0.25, 0.3) is 0 Å². The van der Waals surface area contributed by atoms with Crippen molar-refractivity contribution in [2.45, 2.75) is 49.8 Å². The minimum absolute atomic E-state index is 0.00811. The molecule has 0 unspecified atom stereocenters. The Balaban J connectivity index is 1.62. The van der Waals surface area contributed by atoms with Crippen LogP contribution >= 0.6 is 0 Å². The van der Waals surface area contributed by atoms with Gasteiger partial charge in [0.2, 0.25) is 6.29 Å². The molecule has 35 heavy (non-hydrogen) atoms. The molecule has 0 amide bonds. The average molecular weight is 493 g/mol. The third kappa shape index (κ3) is 5.48. The molecule has 0 bridgehead atoms. The van der Waals surface area contributed by atoms with E-state index in [-0.39, 0.29) is 31.5 Å². The Hall–Kier alpha value is -2.60. The smallest absolute Gasteiger partial charge is 0.220 e. The van der Waals surface area contributed by atoms with Gasteiger partial charge in [-0.05, 0) is 48.6 Å². The third-order valence-corrected chi connectivity index (χ3v) is 6.31. The summed E-state index contributed by atoms with van der Waals surface area (Å²) in [6, 6.07) is 8.85. The lowest BCUT2D eigenvalue weighted by molar-refractivity contribution is -0.409. The zero-order valence-corrected chi connectivity index (χ0v) is 19.8. The van der Waals surface area contributed by atoms with Gasteiger partial charge in [0.25, 0.3) is 0 Å². The summed E-state index contributed by atoms with van der Waals surface area (Å²) in [5.41, 5.74) is 2.55. The Morgan fingerprint density at radius 1 is 1.06 bits per heavy atom. The summed E-state index contributed by atoms with van der Waals surface area (Å²) in [4.78, 5) is 10.8. The summed E-state index contributed by atoms with van der Waals surface area (Å²) >= 11 is 0. The fourth-order valence-corrected chi connectivity index (χ4v) is 4.40. The molecule has 0 aromatic heterocycles. The number of benzene rings is 2. The first-order valence-electron chi connectivity index (χ1n) is 11.6. The lowest BCUT2D eigenvalue weighted by Gasteiger charge is -2.31. The maximum absolute atomic E-state index is 10.1. The van der Waals surface area contributed by atoms with Crippen LogP contribution in [0.4, 0.5) is 0 Å². The monoisotopic (exact) mass is 492 g/mol. The molecule has 5 atom stereocenters. The van der Waals surface area contributed by atoms with E-state index in [1.54, 1.807) is 19.2 Å². The van der Waals surface area contributed by atoms with Crippen LogP contribution in [0.5, 0.6) is 23.0 Å². The molecule has 2 aromatic rings. The molecule has 0 radical (unpaired) electrons. The van der Waals surface area contributed by atoms with E-state index in [9.17, 15) is 20.4 Å². The molecular formula is C25H32O10. The number of ether oxygens (including phenoxy) is 4. The summed E-state index contributed by atoms with van der Waals surface area (Å²) in [7, 11) is 3.03. The third-order valence-electron chi connectivity index (χ3n) is 6.31. The number of aliphatic hydroxyl groups excluding tert-OH is 3. The molecule has 0 saturated carbocycles. The largest absolute Gasteiger partial charge is 0.504 e. The number of hydrogen-bond acceptors (Lipinski definition) is 10. The molecule has 2 aromatic carbocycles. The quantitative estimate of drug-likeness (QED) is 0.288. The van der Waals surface area contributed by atoms with Crippen molar-refractivity contribution in [2.75, 3.05) is 34.0 Å². The van der Waals surface area contributed by atoms with Crippen LogP contribution in [-0.4, -0.2) is 73.0 Å². The Labute approximate surface area is 203 Å². The molecule has 4 rings (SSSR count). The van der Waals surface area contributed by atoms with Crippen LogP contribution in [0.3, 0.4) is 0 Å². The van der Waals surface area contributed by atoms with Crippen LogP contribution in [0.2, 0.25) is 0 Å². The van der Waals surface area contributed by atoms with Crippen molar-refractivity contribution in [3.05, 3.63) is 47.0 Å². The molecule has 10 nitrogen and oxygen atoms in total. The number of fused-ring (bicyclic) bond motifs is 1. The summed E-state index contributed by atoms with van der Waals surface area (Å²) in [6.45, 7) is 0.348. The first-order chi connectivity index (χ1) is 17.0. The molecule has 192 valence electrons. The fourth-order valence-electron chi connectivity index (χ4n) is 4.40. The fraction of sp³-hybridized carbons (Fsp3) is 0.520. The van der Waals surface area contributed by atoms with E-state index in [0.717, 1.165) is 16.7 Å². The summed E-state index contributed by atoms with van der Waals surface area (Å²) in [5.74, 6) is 1.09. The standard InChI is InChI=1S/C25H32O10/c1-30-20-12-15(5-6-18(20)27)23-17(13-33-35-25-22(29)19(28)7-9-32-25)16-10-14(4-3-8-26)11-21(31-2)24(16)34-23/h5-6,10-12,17,19,22-23,25-29H,3-4,7-9,13H2,1-2H3/t17-,19-,22+,23+,25-/m0/s1. The number of hydrogen-bond donors (Lipinski definition) is 4.